The van der Waals surface area contributed by atoms with Gasteiger partial charge in [-0.1, -0.05) is 84.7 Å². The number of likely N-dealkylation sites (tertiary alicyclic amines) is 2. The highest BCUT2D eigenvalue weighted by Gasteiger charge is 2.42. The standard InChI is InChI=1S/C32H36Cl2N2O/c1-31(22-25-9-4-2-5-10-25)16-19-35(20-17-31)23-32(27-13-14-28(33)29(34)21-27)15-8-18-36(24-32)30(37)26-11-6-3-7-12-26/h2-7,9-14,21H,8,15-20,22-24H2,1H3. The van der Waals surface area contributed by atoms with E-state index in [1.165, 1.54) is 24.0 Å². The van der Waals surface area contributed by atoms with E-state index in [1.807, 2.05) is 47.4 Å². The molecule has 0 bridgehead atoms. The molecule has 2 aliphatic heterocycles. The number of amides is 1. The molecule has 5 rings (SSSR count). The van der Waals surface area contributed by atoms with Crippen molar-refractivity contribution >= 4 is 29.1 Å². The van der Waals surface area contributed by atoms with Crippen LogP contribution in [0.2, 0.25) is 10.0 Å². The number of hydrogen-bond acceptors (Lipinski definition) is 2. The first-order chi connectivity index (χ1) is 17.9. The van der Waals surface area contributed by atoms with Gasteiger partial charge in [0.25, 0.3) is 5.91 Å². The van der Waals surface area contributed by atoms with E-state index in [9.17, 15) is 4.79 Å². The molecule has 1 unspecified atom stereocenters. The molecule has 0 spiro atoms. The Balaban J connectivity index is 1.36. The maximum atomic E-state index is 13.5. The average molecular weight is 536 g/mol. The molecule has 2 heterocycles. The quantitative estimate of drug-likeness (QED) is 0.326. The van der Waals surface area contributed by atoms with Gasteiger partial charge in [0.15, 0.2) is 0 Å². The molecule has 2 aliphatic rings. The maximum absolute atomic E-state index is 13.5. The highest BCUT2D eigenvalue weighted by molar-refractivity contribution is 6.42. The molecule has 0 saturated carbocycles. The molecule has 0 N–H and O–H groups in total. The van der Waals surface area contributed by atoms with Gasteiger partial charge in [-0.15, -0.1) is 0 Å². The van der Waals surface area contributed by atoms with Crippen molar-refractivity contribution in [2.75, 3.05) is 32.7 Å². The van der Waals surface area contributed by atoms with Crippen molar-refractivity contribution in [1.82, 2.24) is 9.80 Å². The Hall–Kier alpha value is -2.33. The van der Waals surface area contributed by atoms with Gasteiger partial charge >= 0.3 is 0 Å². The maximum Gasteiger partial charge on any atom is 0.253 e. The molecule has 3 aromatic rings. The van der Waals surface area contributed by atoms with Crippen LogP contribution in [0.25, 0.3) is 0 Å². The monoisotopic (exact) mass is 534 g/mol. The van der Waals surface area contributed by atoms with Crippen molar-refractivity contribution in [3.05, 3.63) is 106 Å². The predicted octanol–water partition coefficient (Wildman–Crippen LogP) is 7.51. The molecule has 3 aromatic carbocycles. The molecular weight excluding hydrogens is 499 g/mol. The SMILES string of the molecule is CC1(Cc2ccccc2)CCN(CC2(c3ccc(Cl)c(Cl)c3)CCCN(C(=O)c3ccccc3)C2)CC1. The largest absolute Gasteiger partial charge is 0.338 e. The molecule has 1 atom stereocenters. The third-order valence-electron chi connectivity index (χ3n) is 8.48. The van der Waals surface area contributed by atoms with Gasteiger partial charge in [0.2, 0.25) is 0 Å². The molecule has 37 heavy (non-hydrogen) atoms. The van der Waals surface area contributed by atoms with Gasteiger partial charge in [0, 0.05) is 30.6 Å². The van der Waals surface area contributed by atoms with Crippen LogP contribution in [0, 0.1) is 5.41 Å². The molecule has 0 radical (unpaired) electrons. The van der Waals surface area contributed by atoms with Crippen molar-refractivity contribution in [2.45, 2.75) is 44.4 Å². The van der Waals surface area contributed by atoms with Crippen LogP contribution in [0.15, 0.2) is 78.9 Å². The van der Waals surface area contributed by atoms with Crippen LogP contribution in [0.4, 0.5) is 0 Å². The summed E-state index contributed by atoms with van der Waals surface area (Å²) >= 11 is 12.8. The smallest absolute Gasteiger partial charge is 0.253 e. The summed E-state index contributed by atoms with van der Waals surface area (Å²) in [5.74, 6) is 0.110. The normalized spacial score (nSPS) is 22.1. The Kier molecular flexibility index (Phi) is 7.95. The lowest BCUT2D eigenvalue weighted by molar-refractivity contribution is 0.0486. The number of carbonyl (C=O) groups excluding carboxylic acids is 1. The minimum Gasteiger partial charge on any atom is -0.338 e. The van der Waals surface area contributed by atoms with Gasteiger partial charge in [0.05, 0.1) is 10.0 Å². The number of hydrogen-bond donors (Lipinski definition) is 0. The molecule has 0 aromatic heterocycles. The lowest BCUT2D eigenvalue weighted by Gasteiger charge is -2.48. The summed E-state index contributed by atoms with van der Waals surface area (Å²) < 4.78 is 0. The minimum absolute atomic E-state index is 0.110. The Morgan fingerprint density at radius 3 is 2.19 bits per heavy atom. The van der Waals surface area contributed by atoms with E-state index >= 15 is 0 Å². The van der Waals surface area contributed by atoms with Crippen molar-refractivity contribution in [3.8, 4) is 0 Å². The van der Waals surface area contributed by atoms with Crippen LogP contribution in [-0.2, 0) is 11.8 Å². The molecule has 0 aliphatic carbocycles. The molecule has 194 valence electrons. The van der Waals surface area contributed by atoms with E-state index < -0.39 is 0 Å². The highest BCUT2D eigenvalue weighted by Crippen LogP contribution is 2.41. The van der Waals surface area contributed by atoms with E-state index in [0.717, 1.165) is 51.0 Å². The van der Waals surface area contributed by atoms with Gasteiger partial charge in [-0.2, -0.15) is 0 Å². The van der Waals surface area contributed by atoms with Gasteiger partial charge in [-0.25, -0.2) is 0 Å². The number of piperidine rings is 2. The van der Waals surface area contributed by atoms with Crippen molar-refractivity contribution in [3.63, 3.8) is 0 Å². The minimum atomic E-state index is -0.176. The molecule has 2 fully saturated rings. The fourth-order valence-electron chi connectivity index (χ4n) is 6.29. The van der Waals surface area contributed by atoms with Crippen LogP contribution in [0.3, 0.4) is 0 Å². The zero-order valence-electron chi connectivity index (χ0n) is 21.6. The van der Waals surface area contributed by atoms with E-state index in [0.29, 0.717) is 22.0 Å². The van der Waals surface area contributed by atoms with Crippen LogP contribution in [0.1, 0.15) is 54.1 Å². The summed E-state index contributed by atoms with van der Waals surface area (Å²) in [6.45, 7) is 6.97. The fourth-order valence-corrected chi connectivity index (χ4v) is 6.59. The number of rotatable bonds is 6. The Bertz CT molecular complexity index is 1210. The predicted molar refractivity (Wildman–Crippen MR) is 154 cm³/mol. The zero-order chi connectivity index (χ0) is 25.9. The van der Waals surface area contributed by atoms with Crippen molar-refractivity contribution < 1.29 is 4.79 Å². The summed E-state index contributed by atoms with van der Waals surface area (Å²) in [4.78, 5) is 18.1. The Labute approximate surface area is 231 Å². The number of nitrogens with zero attached hydrogens (tertiary/aromatic N) is 2. The lowest BCUT2D eigenvalue weighted by Crippen LogP contribution is -2.55. The molecule has 3 nitrogen and oxygen atoms in total. The second-order valence-electron chi connectivity index (χ2n) is 11.4. The van der Waals surface area contributed by atoms with Gasteiger partial charge in [-0.3, -0.25) is 4.79 Å². The number of halogens is 2. The highest BCUT2D eigenvalue weighted by atomic mass is 35.5. The average Bonchev–Trinajstić information content (AvgIpc) is 2.92. The first kappa shape index (κ1) is 26.3. The van der Waals surface area contributed by atoms with E-state index in [4.69, 9.17) is 23.2 Å². The number of benzene rings is 3. The summed E-state index contributed by atoms with van der Waals surface area (Å²) in [7, 11) is 0. The fraction of sp³-hybridized carbons (Fsp3) is 0.406. The summed E-state index contributed by atoms with van der Waals surface area (Å²) in [5.41, 5.74) is 3.50. The van der Waals surface area contributed by atoms with Gasteiger partial charge < -0.3 is 9.80 Å². The topological polar surface area (TPSA) is 23.6 Å². The number of carbonyl (C=O) groups is 1. The van der Waals surface area contributed by atoms with Crippen molar-refractivity contribution in [2.24, 2.45) is 5.41 Å². The Morgan fingerprint density at radius 2 is 1.51 bits per heavy atom. The summed E-state index contributed by atoms with van der Waals surface area (Å²) in [6.07, 6.45) is 5.47. The molecule has 5 heteroatoms. The molecular formula is C32H36Cl2N2O. The summed E-state index contributed by atoms with van der Waals surface area (Å²) in [6, 6.07) is 26.6. The first-order valence-electron chi connectivity index (χ1n) is 13.4. The Morgan fingerprint density at radius 1 is 0.838 bits per heavy atom. The third kappa shape index (κ3) is 6.06. The third-order valence-corrected chi connectivity index (χ3v) is 9.22. The lowest BCUT2D eigenvalue weighted by atomic mass is 9.71. The zero-order valence-corrected chi connectivity index (χ0v) is 23.1. The van der Waals surface area contributed by atoms with Crippen LogP contribution in [0.5, 0.6) is 0 Å². The second kappa shape index (κ2) is 11.2. The van der Waals surface area contributed by atoms with E-state index in [1.54, 1.807) is 0 Å². The summed E-state index contributed by atoms with van der Waals surface area (Å²) in [5, 5.41) is 1.15. The van der Waals surface area contributed by atoms with Crippen LogP contribution in [-0.4, -0.2) is 48.4 Å². The van der Waals surface area contributed by atoms with Crippen LogP contribution >= 0.6 is 23.2 Å². The van der Waals surface area contributed by atoms with E-state index in [2.05, 4.69) is 48.2 Å². The van der Waals surface area contributed by atoms with Crippen LogP contribution < -0.4 is 0 Å². The van der Waals surface area contributed by atoms with Crippen molar-refractivity contribution in [1.29, 1.82) is 0 Å². The van der Waals surface area contributed by atoms with Gasteiger partial charge in [-0.05, 0) is 86.0 Å². The van der Waals surface area contributed by atoms with Gasteiger partial charge in [0.1, 0.15) is 0 Å². The van der Waals surface area contributed by atoms with E-state index in [-0.39, 0.29) is 11.3 Å². The second-order valence-corrected chi connectivity index (χ2v) is 12.2. The molecule has 2 saturated heterocycles. The first-order valence-corrected chi connectivity index (χ1v) is 14.2. The molecule has 1 amide bonds.